The molecule has 0 aliphatic heterocycles. The summed E-state index contributed by atoms with van der Waals surface area (Å²) in [6, 6.07) is 5.62. The maximum absolute atomic E-state index is 6.24. The molecule has 1 N–H and O–H groups in total. The highest BCUT2D eigenvalue weighted by molar-refractivity contribution is 7.97. The highest BCUT2D eigenvalue weighted by atomic mass is 35.5. The molecule has 0 unspecified atom stereocenters. The Morgan fingerprint density at radius 2 is 1.95 bits per heavy atom. The van der Waals surface area contributed by atoms with Crippen LogP contribution in [0.25, 0.3) is 11.0 Å². The number of aromatic nitrogens is 2. The first-order chi connectivity index (χ1) is 10.2. The summed E-state index contributed by atoms with van der Waals surface area (Å²) in [5, 5.41) is 4.29. The predicted molar refractivity (Wildman–Crippen MR) is 90.7 cm³/mol. The first kappa shape index (κ1) is 15.0. The van der Waals surface area contributed by atoms with Crippen LogP contribution in [-0.2, 0) is 12.3 Å². The van der Waals surface area contributed by atoms with E-state index < -0.39 is 0 Å². The first-order valence-electron chi connectivity index (χ1n) is 6.09. The molecule has 3 rings (SSSR count). The number of rotatable bonds is 5. The van der Waals surface area contributed by atoms with Crippen molar-refractivity contribution in [2.75, 3.05) is 11.6 Å². The highest BCUT2D eigenvalue weighted by Gasteiger charge is 2.14. The first-order valence-corrected chi connectivity index (χ1v) is 8.97. The van der Waals surface area contributed by atoms with Crippen molar-refractivity contribution in [3.05, 3.63) is 39.8 Å². The fourth-order valence-electron chi connectivity index (χ4n) is 1.96. The maximum atomic E-state index is 6.24. The number of nitrogens with zero attached hydrogens (tertiary/aromatic N) is 2. The van der Waals surface area contributed by atoms with Crippen LogP contribution in [0.2, 0.25) is 10.0 Å². The zero-order valence-corrected chi connectivity index (χ0v) is 14.2. The van der Waals surface area contributed by atoms with Crippen molar-refractivity contribution in [3.8, 4) is 0 Å². The van der Waals surface area contributed by atoms with E-state index in [4.69, 9.17) is 27.6 Å². The van der Waals surface area contributed by atoms with Crippen molar-refractivity contribution in [3.63, 3.8) is 0 Å². The van der Waals surface area contributed by atoms with Crippen LogP contribution in [0.5, 0.6) is 0 Å². The summed E-state index contributed by atoms with van der Waals surface area (Å²) in [6.45, 7) is 0.530. The van der Waals surface area contributed by atoms with Gasteiger partial charge in [0.25, 0.3) is 0 Å². The Kier molecular flexibility index (Phi) is 4.59. The van der Waals surface area contributed by atoms with E-state index in [1.54, 1.807) is 17.8 Å². The van der Waals surface area contributed by atoms with Crippen LogP contribution in [0.15, 0.2) is 22.6 Å². The summed E-state index contributed by atoms with van der Waals surface area (Å²) in [5.74, 6) is 2.67. The van der Waals surface area contributed by atoms with Gasteiger partial charge >= 0.3 is 0 Å². The number of anilines is 1. The lowest BCUT2D eigenvalue weighted by Gasteiger charge is -2.08. The van der Waals surface area contributed by atoms with Gasteiger partial charge in [0.15, 0.2) is 0 Å². The molecule has 0 bridgehead atoms. The number of nitrogens with one attached hydrogen (secondary N) is 1. The second-order valence-electron chi connectivity index (χ2n) is 4.33. The van der Waals surface area contributed by atoms with Gasteiger partial charge in [0.1, 0.15) is 22.6 Å². The smallest absolute Gasteiger partial charge is 0.130 e. The Morgan fingerprint density at radius 3 is 2.76 bits per heavy atom. The quantitative estimate of drug-likeness (QED) is 0.689. The van der Waals surface area contributed by atoms with Gasteiger partial charge < -0.3 is 9.73 Å². The Morgan fingerprint density at radius 1 is 1.19 bits per heavy atom. The van der Waals surface area contributed by atoms with Crippen LogP contribution in [0.1, 0.15) is 11.5 Å². The topological polar surface area (TPSA) is 51.0 Å². The van der Waals surface area contributed by atoms with Gasteiger partial charge in [0.2, 0.25) is 0 Å². The lowest BCUT2D eigenvalue weighted by atomic mass is 10.2. The molecule has 4 nitrogen and oxygen atoms in total. The van der Waals surface area contributed by atoms with Crippen LogP contribution in [0.3, 0.4) is 0 Å². The molecule has 0 fully saturated rings. The Bertz CT molecular complexity index is 772. The minimum atomic E-state index is 0.509. The van der Waals surface area contributed by atoms with E-state index in [1.807, 2.05) is 18.4 Å². The van der Waals surface area contributed by atoms with Crippen molar-refractivity contribution < 1.29 is 4.42 Å². The Labute approximate surface area is 140 Å². The number of fused-ring (bicyclic) bond motifs is 1. The second-order valence-corrected chi connectivity index (χ2v) is 6.54. The van der Waals surface area contributed by atoms with Crippen LogP contribution in [0.4, 0.5) is 5.69 Å². The van der Waals surface area contributed by atoms with Crippen molar-refractivity contribution in [2.24, 2.45) is 0 Å². The molecule has 0 spiro atoms. The highest BCUT2D eigenvalue weighted by Crippen LogP contribution is 2.35. The van der Waals surface area contributed by atoms with Crippen LogP contribution in [0, 0.1) is 0 Å². The van der Waals surface area contributed by atoms with Crippen molar-refractivity contribution in [1.29, 1.82) is 0 Å². The van der Waals surface area contributed by atoms with E-state index >= 15 is 0 Å². The van der Waals surface area contributed by atoms with E-state index in [9.17, 15) is 0 Å². The van der Waals surface area contributed by atoms with Crippen molar-refractivity contribution >= 4 is 63.4 Å². The number of furan rings is 1. The van der Waals surface area contributed by atoms with Gasteiger partial charge in [-0.15, -0.1) is 0 Å². The molecule has 0 saturated carbocycles. The Hall–Kier alpha value is -0.950. The third kappa shape index (κ3) is 3.13. The number of hydrogen-bond acceptors (Lipinski definition) is 6. The lowest BCUT2D eigenvalue weighted by Crippen LogP contribution is -2.00. The normalized spacial score (nSPS) is 11.2. The summed E-state index contributed by atoms with van der Waals surface area (Å²) in [4.78, 5) is 0. The maximum Gasteiger partial charge on any atom is 0.130 e. The van der Waals surface area contributed by atoms with Crippen molar-refractivity contribution in [1.82, 2.24) is 8.75 Å². The standard InChI is InChI=1S/C13H11Cl2N3OS2/c1-20-6-8-3-2-7(19-8)5-16-11-9(14)4-10(15)12-13(11)18-21-17-12/h2-4,16H,5-6H2,1H3. The van der Waals surface area contributed by atoms with Crippen LogP contribution < -0.4 is 5.32 Å². The van der Waals surface area contributed by atoms with E-state index in [1.165, 1.54) is 0 Å². The van der Waals surface area contributed by atoms with E-state index in [-0.39, 0.29) is 0 Å². The molecule has 2 heterocycles. The van der Waals surface area contributed by atoms with Gasteiger partial charge in [-0.1, -0.05) is 23.2 Å². The fourth-order valence-corrected chi connectivity index (χ4v) is 3.57. The van der Waals surface area contributed by atoms with E-state index in [0.717, 1.165) is 34.7 Å². The molecule has 110 valence electrons. The summed E-state index contributed by atoms with van der Waals surface area (Å²) in [5.41, 5.74) is 2.08. The molecule has 8 heteroatoms. The molecule has 0 aliphatic rings. The van der Waals surface area contributed by atoms with Gasteiger partial charge in [-0.05, 0) is 24.5 Å². The summed E-state index contributed by atoms with van der Waals surface area (Å²) in [6.07, 6.45) is 2.04. The number of halogens is 2. The molecule has 0 saturated heterocycles. The molecule has 0 radical (unpaired) electrons. The SMILES string of the molecule is CSCc1ccc(CNc2c(Cl)cc(Cl)c3nsnc23)o1. The van der Waals surface area contributed by atoms with Crippen LogP contribution >= 0.6 is 46.7 Å². The van der Waals surface area contributed by atoms with Gasteiger partial charge in [0, 0.05) is 0 Å². The van der Waals surface area contributed by atoms with Crippen LogP contribution in [-0.4, -0.2) is 15.0 Å². The average Bonchev–Trinajstić information content (AvgIpc) is 3.08. The molecule has 3 aromatic rings. The van der Waals surface area contributed by atoms with Gasteiger partial charge in [0.05, 0.1) is 39.8 Å². The molecule has 0 aliphatic carbocycles. The third-order valence-electron chi connectivity index (χ3n) is 2.89. The summed E-state index contributed by atoms with van der Waals surface area (Å²) in [7, 11) is 0. The summed E-state index contributed by atoms with van der Waals surface area (Å²) < 4.78 is 14.1. The largest absolute Gasteiger partial charge is 0.463 e. The molecular weight excluding hydrogens is 349 g/mol. The second kappa shape index (κ2) is 6.44. The zero-order valence-electron chi connectivity index (χ0n) is 11.0. The molecule has 0 amide bonds. The molecular formula is C13H11Cl2N3OS2. The average molecular weight is 360 g/mol. The van der Waals surface area contributed by atoms with Gasteiger partial charge in [-0.3, -0.25) is 0 Å². The molecule has 1 aromatic carbocycles. The minimum absolute atomic E-state index is 0.509. The van der Waals surface area contributed by atoms with Crippen molar-refractivity contribution in [2.45, 2.75) is 12.3 Å². The monoisotopic (exact) mass is 359 g/mol. The number of hydrogen-bond donors (Lipinski definition) is 1. The van der Waals surface area contributed by atoms with E-state index in [2.05, 4.69) is 14.1 Å². The third-order valence-corrected chi connectivity index (χ3v) is 4.57. The Balaban J connectivity index is 1.83. The zero-order chi connectivity index (χ0) is 14.8. The summed E-state index contributed by atoms with van der Waals surface area (Å²) >= 11 is 15.2. The number of benzene rings is 1. The van der Waals surface area contributed by atoms with Gasteiger partial charge in [-0.2, -0.15) is 20.5 Å². The predicted octanol–water partition coefficient (Wildman–Crippen LogP) is 5.07. The fraction of sp³-hybridized carbons (Fsp3) is 0.231. The van der Waals surface area contributed by atoms with Gasteiger partial charge in [-0.25, -0.2) is 0 Å². The minimum Gasteiger partial charge on any atom is -0.463 e. The lowest BCUT2D eigenvalue weighted by molar-refractivity contribution is 0.487. The molecule has 0 atom stereocenters. The number of thioether (sulfide) groups is 1. The molecule has 2 aromatic heterocycles. The molecule has 21 heavy (non-hydrogen) atoms. The van der Waals surface area contributed by atoms with E-state index in [0.29, 0.717) is 27.6 Å².